The molecule has 0 aliphatic carbocycles. The molecule has 0 saturated carbocycles. The Bertz CT molecular complexity index is 2870. The lowest BCUT2D eigenvalue weighted by Gasteiger charge is -2.09. The van der Waals surface area contributed by atoms with Crippen molar-refractivity contribution in [2.45, 2.75) is 0 Å². The smallest absolute Gasteiger partial charge is 0.165 e. The number of benzene rings is 7. The Balaban J connectivity index is 1.12. The van der Waals surface area contributed by atoms with E-state index < -0.39 is 0 Å². The molecule has 0 N–H and O–H groups in total. The van der Waals surface area contributed by atoms with Crippen molar-refractivity contribution in [2.24, 2.45) is 0 Å². The van der Waals surface area contributed by atoms with Gasteiger partial charge in [0.15, 0.2) is 17.5 Å². The van der Waals surface area contributed by atoms with Crippen LogP contribution in [0.25, 0.3) is 98.5 Å². The summed E-state index contributed by atoms with van der Waals surface area (Å²) in [6.45, 7) is 0. The summed E-state index contributed by atoms with van der Waals surface area (Å²) in [4.78, 5) is 15.2. The molecule has 4 nitrogen and oxygen atoms in total. The molecule has 0 fully saturated rings. The minimum absolute atomic E-state index is 0.606. The maximum absolute atomic E-state index is 6.24. The standard InChI is InChI=1S/C45H27N3OS/c1-3-11-28(12-4-1)30-15-9-16-31(25-30)32-21-24-36-37-18-10-19-38(42(37)50-41(36)27-32)45-47-43(29-13-5-2-6-14-29)46-44(48-45)33-22-23-35-34-17-7-8-20-39(34)49-40(35)26-33/h1-27H. The van der Waals surface area contributed by atoms with Gasteiger partial charge in [-0.3, -0.25) is 0 Å². The summed E-state index contributed by atoms with van der Waals surface area (Å²) < 4.78 is 8.62. The van der Waals surface area contributed by atoms with Gasteiger partial charge < -0.3 is 4.42 Å². The molecule has 0 atom stereocenters. The second-order valence-electron chi connectivity index (χ2n) is 12.4. The maximum atomic E-state index is 6.24. The van der Waals surface area contributed by atoms with E-state index in [1.165, 1.54) is 37.7 Å². The van der Waals surface area contributed by atoms with E-state index in [1.807, 2.05) is 54.6 Å². The molecule has 10 rings (SSSR count). The third kappa shape index (κ3) is 4.87. The molecule has 234 valence electrons. The number of hydrogen-bond donors (Lipinski definition) is 0. The molecule has 3 aromatic heterocycles. The van der Waals surface area contributed by atoms with Crippen molar-refractivity contribution in [3.05, 3.63) is 164 Å². The van der Waals surface area contributed by atoms with Gasteiger partial charge in [-0.2, -0.15) is 0 Å². The highest BCUT2D eigenvalue weighted by atomic mass is 32.1. The Morgan fingerprint density at radius 1 is 0.360 bits per heavy atom. The third-order valence-corrected chi connectivity index (χ3v) is 10.5. The molecule has 0 bridgehead atoms. The molecule has 0 aliphatic rings. The van der Waals surface area contributed by atoms with E-state index in [0.717, 1.165) is 43.3 Å². The van der Waals surface area contributed by atoms with Gasteiger partial charge in [-0.1, -0.05) is 127 Å². The van der Waals surface area contributed by atoms with E-state index in [4.69, 9.17) is 19.4 Å². The minimum atomic E-state index is 0.606. The van der Waals surface area contributed by atoms with E-state index in [-0.39, 0.29) is 0 Å². The Labute approximate surface area is 292 Å². The molecular formula is C45H27N3OS. The van der Waals surface area contributed by atoms with Crippen LogP contribution in [-0.2, 0) is 0 Å². The quantitative estimate of drug-likeness (QED) is 0.185. The lowest BCUT2D eigenvalue weighted by molar-refractivity contribution is 0.669. The van der Waals surface area contributed by atoms with Gasteiger partial charge in [0.1, 0.15) is 11.2 Å². The molecule has 3 heterocycles. The van der Waals surface area contributed by atoms with Crippen LogP contribution < -0.4 is 0 Å². The Morgan fingerprint density at radius 2 is 0.940 bits per heavy atom. The summed E-state index contributed by atoms with van der Waals surface area (Å²) in [7, 11) is 0. The van der Waals surface area contributed by atoms with Crippen molar-refractivity contribution in [3.63, 3.8) is 0 Å². The molecule has 0 spiro atoms. The summed E-state index contributed by atoms with van der Waals surface area (Å²) in [5, 5.41) is 4.59. The second-order valence-corrected chi connectivity index (χ2v) is 13.5. The van der Waals surface area contributed by atoms with E-state index >= 15 is 0 Å². The molecule has 0 unspecified atom stereocenters. The van der Waals surface area contributed by atoms with Gasteiger partial charge in [0.2, 0.25) is 0 Å². The predicted octanol–water partition coefficient (Wildman–Crippen LogP) is 12.5. The fraction of sp³-hybridized carbons (Fsp3) is 0. The lowest BCUT2D eigenvalue weighted by atomic mass is 9.98. The van der Waals surface area contributed by atoms with Gasteiger partial charge in [-0.05, 0) is 58.7 Å². The maximum Gasteiger partial charge on any atom is 0.165 e. The zero-order valence-corrected chi connectivity index (χ0v) is 27.6. The van der Waals surface area contributed by atoms with Gasteiger partial charge >= 0.3 is 0 Å². The van der Waals surface area contributed by atoms with E-state index in [0.29, 0.717) is 17.5 Å². The topological polar surface area (TPSA) is 51.8 Å². The van der Waals surface area contributed by atoms with Gasteiger partial charge in [-0.25, -0.2) is 15.0 Å². The van der Waals surface area contributed by atoms with Crippen LogP contribution in [0, 0.1) is 0 Å². The number of fused-ring (bicyclic) bond motifs is 6. The highest BCUT2D eigenvalue weighted by Crippen LogP contribution is 2.41. The number of aromatic nitrogens is 3. The predicted molar refractivity (Wildman–Crippen MR) is 207 cm³/mol. The van der Waals surface area contributed by atoms with Crippen LogP contribution in [0.4, 0.5) is 0 Å². The highest BCUT2D eigenvalue weighted by Gasteiger charge is 2.18. The monoisotopic (exact) mass is 657 g/mol. The average Bonchev–Trinajstić information content (AvgIpc) is 3.76. The first-order valence-corrected chi connectivity index (χ1v) is 17.4. The highest BCUT2D eigenvalue weighted by molar-refractivity contribution is 7.26. The summed E-state index contributed by atoms with van der Waals surface area (Å²) in [6.07, 6.45) is 0. The lowest BCUT2D eigenvalue weighted by Crippen LogP contribution is -2.00. The largest absolute Gasteiger partial charge is 0.456 e. The van der Waals surface area contributed by atoms with Crippen LogP contribution in [0.3, 0.4) is 0 Å². The minimum Gasteiger partial charge on any atom is -0.456 e. The molecule has 0 saturated heterocycles. The van der Waals surface area contributed by atoms with Crippen molar-refractivity contribution >= 4 is 53.4 Å². The summed E-state index contributed by atoms with van der Waals surface area (Å²) >= 11 is 1.78. The van der Waals surface area contributed by atoms with Crippen molar-refractivity contribution < 1.29 is 4.42 Å². The van der Waals surface area contributed by atoms with E-state index in [2.05, 4.69) is 109 Å². The number of furan rings is 1. The van der Waals surface area contributed by atoms with Crippen molar-refractivity contribution in [1.82, 2.24) is 15.0 Å². The first kappa shape index (κ1) is 28.6. The van der Waals surface area contributed by atoms with Crippen LogP contribution >= 0.6 is 11.3 Å². The van der Waals surface area contributed by atoms with Gasteiger partial charge in [0.05, 0.1) is 0 Å². The number of thiophene rings is 1. The molecule has 0 radical (unpaired) electrons. The van der Waals surface area contributed by atoms with Crippen LogP contribution in [0.1, 0.15) is 0 Å². The number of rotatable bonds is 5. The van der Waals surface area contributed by atoms with Crippen molar-refractivity contribution in [2.75, 3.05) is 0 Å². The van der Waals surface area contributed by atoms with Crippen LogP contribution in [0.2, 0.25) is 0 Å². The molecule has 5 heteroatoms. The molecular weight excluding hydrogens is 631 g/mol. The van der Waals surface area contributed by atoms with E-state index in [9.17, 15) is 0 Å². The van der Waals surface area contributed by atoms with Crippen LogP contribution in [-0.4, -0.2) is 15.0 Å². The van der Waals surface area contributed by atoms with Crippen molar-refractivity contribution in [1.29, 1.82) is 0 Å². The molecule has 10 aromatic rings. The second kappa shape index (κ2) is 11.6. The molecule has 0 amide bonds. The number of para-hydroxylation sites is 1. The summed E-state index contributed by atoms with van der Waals surface area (Å²) in [5.41, 5.74) is 9.29. The summed E-state index contributed by atoms with van der Waals surface area (Å²) in [6, 6.07) is 57.0. The summed E-state index contributed by atoms with van der Waals surface area (Å²) in [5.74, 6) is 1.88. The normalized spacial score (nSPS) is 11.6. The Kier molecular flexibility index (Phi) is 6.64. The Morgan fingerprint density at radius 3 is 1.78 bits per heavy atom. The van der Waals surface area contributed by atoms with Gasteiger partial charge in [-0.15, -0.1) is 11.3 Å². The number of hydrogen-bond acceptors (Lipinski definition) is 5. The van der Waals surface area contributed by atoms with Gasteiger partial charge in [0, 0.05) is 47.6 Å². The van der Waals surface area contributed by atoms with Crippen LogP contribution in [0.15, 0.2) is 168 Å². The fourth-order valence-electron chi connectivity index (χ4n) is 6.87. The third-order valence-electron chi connectivity index (χ3n) is 9.35. The van der Waals surface area contributed by atoms with E-state index in [1.54, 1.807) is 11.3 Å². The molecule has 0 aliphatic heterocycles. The first-order valence-electron chi connectivity index (χ1n) is 16.6. The SMILES string of the molecule is c1ccc(-c2cccc(-c3ccc4c(c3)sc3c(-c5nc(-c6ccccc6)nc(-c6ccc7c(c6)oc6ccccc67)n5)cccc34)c2)cc1. The van der Waals surface area contributed by atoms with Gasteiger partial charge in [0.25, 0.3) is 0 Å². The fourth-order valence-corrected chi connectivity index (χ4v) is 8.12. The molecule has 50 heavy (non-hydrogen) atoms. The Hall–Kier alpha value is -6.43. The zero-order valence-electron chi connectivity index (χ0n) is 26.7. The average molecular weight is 658 g/mol. The van der Waals surface area contributed by atoms with Crippen molar-refractivity contribution in [3.8, 4) is 56.4 Å². The number of nitrogens with zero attached hydrogens (tertiary/aromatic N) is 3. The zero-order chi connectivity index (χ0) is 33.0. The van der Waals surface area contributed by atoms with Crippen LogP contribution in [0.5, 0.6) is 0 Å². The molecule has 7 aromatic carbocycles. The first-order chi connectivity index (χ1) is 24.7.